The lowest BCUT2D eigenvalue weighted by Crippen LogP contribution is -1.88. The molecule has 0 amide bonds. The fraction of sp³-hybridized carbons (Fsp3) is 0.625. The summed E-state index contributed by atoms with van der Waals surface area (Å²) in [6, 6.07) is 10.3. The first-order chi connectivity index (χ1) is 8.20. The van der Waals surface area contributed by atoms with Crippen molar-refractivity contribution in [3.63, 3.8) is 0 Å². The number of hydrogen-bond acceptors (Lipinski definition) is 0. The summed E-state index contributed by atoms with van der Waals surface area (Å²) in [5.41, 5.74) is 2.17. The van der Waals surface area contributed by atoms with Gasteiger partial charge in [-0.25, -0.2) is 0 Å². The molecule has 18 heavy (non-hydrogen) atoms. The topological polar surface area (TPSA) is 31.5 Å². The van der Waals surface area contributed by atoms with Crippen molar-refractivity contribution in [3.8, 4) is 0 Å². The maximum absolute atomic E-state index is 2.81. The van der Waals surface area contributed by atoms with Gasteiger partial charge in [0.25, 0.3) is 0 Å². The smallest absolute Gasteiger partial charge is 0.0269 e. The number of benzene rings is 1. The molecule has 0 aliphatic rings. The molecule has 0 aromatic heterocycles. The van der Waals surface area contributed by atoms with Gasteiger partial charge in [-0.15, -0.1) is 9.24 Å². The van der Waals surface area contributed by atoms with Crippen molar-refractivity contribution >= 4 is 9.24 Å². The lowest BCUT2D eigenvalue weighted by Gasteiger charge is -1.98. The van der Waals surface area contributed by atoms with Crippen molar-refractivity contribution < 1.29 is 5.48 Å². The Balaban J connectivity index is -0.0000000825. The second-order valence-corrected chi connectivity index (χ2v) is 4.17. The Bertz CT molecular complexity index is 196. The van der Waals surface area contributed by atoms with E-state index in [-0.39, 0.29) is 5.48 Å². The molecule has 0 saturated carbocycles. The number of hydrogen-bond donors (Lipinski definition) is 0. The molecular formula is C16H35OP. The lowest BCUT2D eigenvalue weighted by molar-refractivity contribution is 0.793. The molecule has 0 heterocycles. The van der Waals surface area contributed by atoms with E-state index >= 15 is 0 Å². The first-order valence-electron chi connectivity index (χ1n) is 6.97. The molecule has 0 bridgehead atoms. The van der Waals surface area contributed by atoms with Gasteiger partial charge in [0, 0.05) is 0 Å². The summed E-state index contributed by atoms with van der Waals surface area (Å²) in [4.78, 5) is 0. The Hall–Kier alpha value is -0.390. The Labute approximate surface area is 118 Å². The van der Waals surface area contributed by atoms with Crippen LogP contribution in [0.1, 0.15) is 59.9 Å². The second-order valence-electron chi connectivity index (χ2n) is 3.23. The van der Waals surface area contributed by atoms with Gasteiger partial charge in [0.05, 0.1) is 0 Å². The average molecular weight is 274 g/mol. The summed E-state index contributed by atoms with van der Waals surface area (Å²) in [6.07, 6.45) is 2.59. The van der Waals surface area contributed by atoms with Gasteiger partial charge >= 0.3 is 0 Å². The van der Waals surface area contributed by atoms with Crippen LogP contribution in [0.5, 0.6) is 0 Å². The molecule has 1 unspecified atom stereocenters. The Morgan fingerprint density at radius 3 is 1.33 bits per heavy atom. The quantitative estimate of drug-likeness (QED) is 0.658. The maximum Gasteiger partial charge on any atom is -0.0269 e. The van der Waals surface area contributed by atoms with E-state index in [9.17, 15) is 0 Å². The van der Waals surface area contributed by atoms with Gasteiger partial charge in [-0.3, -0.25) is 0 Å². The van der Waals surface area contributed by atoms with Gasteiger partial charge in [0.2, 0.25) is 0 Å². The van der Waals surface area contributed by atoms with Gasteiger partial charge in [0.1, 0.15) is 0 Å². The highest BCUT2D eigenvalue weighted by atomic mass is 31.0. The van der Waals surface area contributed by atoms with Gasteiger partial charge in [-0.1, -0.05) is 77.4 Å². The zero-order valence-corrected chi connectivity index (χ0v) is 14.6. The second kappa shape index (κ2) is 25.5. The SMILES string of the molecule is CC.CC.CCC(P)CC.Cc1ccccc1.O. The molecule has 1 nitrogen and oxygen atoms in total. The predicted molar refractivity (Wildman–Crippen MR) is 91.6 cm³/mol. The normalized spacial score (nSPS) is 7.39. The van der Waals surface area contributed by atoms with Crippen molar-refractivity contribution in [2.24, 2.45) is 0 Å². The molecule has 0 aliphatic heterocycles. The van der Waals surface area contributed by atoms with Crippen molar-refractivity contribution in [1.29, 1.82) is 0 Å². The monoisotopic (exact) mass is 274 g/mol. The fourth-order valence-corrected chi connectivity index (χ4v) is 0.823. The summed E-state index contributed by atoms with van der Waals surface area (Å²) in [7, 11) is 2.81. The molecule has 1 aromatic carbocycles. The minimum absolute atomic E-state index is 0. The Morgan fingerprint density at radius 2 is 1.22 bits per heavy atom. The minimum atomic E-state index is 0. The van der Waals surface area contributed by atoms with Crippen LogP contribution in [-0.4, -0.2) is 11.1 Å². The van der Waals surface area contributed by atoms with E-state index in [0.717, 1.165) is 5.66 Å². The molecule has 0 aliphatic carbocycles. The zero-order valence-electron chi connectivity index (χ0n) is 13.5. The molecule has 110 valence electrons. The van der Waals surface area contributed by atoms with E-state index in [1.54, 1.807) is 0 Å². The van der Waals surface area contributed by atoms with Crippen LogP contribution in [0.4, 0.5) is 0 Å². The third-order valence-electron chi connectivity index (χ3n) is 1.99. The third-order valence-corrected chi connectivity index (χ3v) is 2.93. The Kier molecular flexibility index (Phi) is 37.1. The number of rotatable bonds is 2. The van der Waals surface area contributed by atoms with Crippen LogP contribution in [0.15, 0.2) is 30.3 Å². The van der Waals surface area contributed by atoms with E-state index in [1.807, 2.05) is 45.9 Å². The van der Waals surface area contributed by atoms with Crippen LogP contribution in [0, 0.1) is 6.92 Å². The van der Waals surface area contributed by atoms with E-state index in [1.165, 1.54) is 18.4 Å². The molecule has 1 rings (SSSR count). The van der Waals surface area contributed by atoms with Crippen LogP contribution in [0.3, 0.4) is 0 Å². The van der Waals surface area contributed by atoms with Crippen molar-refractivity contribution in [3.05, 3.63) is 35.9 Å². The largest absolute Gasteiger partial charge is 0.412 e. The van der Waals surface area contributed by atoms with Crippen molar-refractivity contribution in [2.75, 3.05) is 0 Å². The standard InChI is InChI=1S/C7H8.C5H13P.2C2H6.H2O/c1-7-5-3-2-4-6-7;1-3-5(6)4-2;2*1-2;/h2-6H,1H3;5H,3-4,6H2,1-2H3;2*1-2H3;1H2. The summed E-state index contributed by atoms with van der Waals surface area (Å²) >= 11 is 0. The maximum atomic E-state index is 2.81. The van der Waals surface area contributed by atoms with E-state index in [0.29, 0.717) is 0 Å². The van der Waals surface area contributed by atoms with E-state index < -0.39 is 0 Å². The molecule has 0 saturated heterocycles. The van der Waals surface area contributed by atoms with Crippen LogP contribution >= 0.6 is 9.24 Å². The van der Waals surface area contributed by atoms with Gasteiger partial charge in [-0.2, -0.15) is 0 Å². The fourth-order valence-electron chi connectivity index (χ4n) is 0.823. The number of aryl methyl sites for hydroxylation is 1. The van der Waals surface area contributed by atoms with Gasteiger partial charge in [0.15, 0.2) is 0 Å². The summed E-state index contributed by atoms with van der Waals surface area (Å²) in [5.74, 6) is 0. The molecule has 2 N–H and O–H groups in total. The zero-order chi connectivity index (χ0) is 14.1. The van der Waals surface area contributed by atoms with Crippen LogP contribution in [-0.2, 0) is 0 Å². The van der Waals surface area contributed by atoms with Crippen LogP contribution in [0.25, 0.3) is 0 Å². The third kappa shape index (κ3) is 24.7. The highest BCUT2D eigenvalue weighted by Gasteiger charge is 1.88. The average Bonchev–Trinajstić information content (AvgIpc) is 2.44. The molecule has 0 fully saturated rings. The minimum Gasteiger partial charge on any atom is -0.412 e. The predicted octanol–water partition coefficient (Wildman–Crippen LogP) is 5.27. The molecule has 1 aromatic rings. The summed E-state index contributed by atoms with van der Waals surface area (Å²) in [6.45, 7) is 14.5. The highest BCUT2D eigenvalue weighted by Crippen LogP contribution is 2.06. The van der Waals surface area contributed by atoms with Crippen molar-refractivity contribution in [1.82, 2.24) is 0 Å². The van der Waals surface area contributed by atoms with E-state index in [4.69, 9.17) is 0 Å². The van der Waals surface area contributed by atoms with Crippen LogP contribution in [0.2, 0.25) is 0 Å². The lowest BCUT2D eigenvalue weighted by atomic mass is 10.2. The molecule has 2 heteroatoms. The Morgan fingerprint density at radius 1 is 0.889 bits per heavy atom. The van der Waals surface area contributed by atoms with Crippen molar-refractivity contribution in [2.45, 2.75) is 67.0 Å². The first-order valence-corrected chi connectivity index (χ1v) is 7.64. The summed E-state index contributed by atoms with van der Waals surface area (Å²) < 4.78 is 0. The van der Waals surface area contributed by atoms with Gasteiger partial charge < -0.3 is 5.48 Å². The molecule has 0 radical (unpaired) electrons. The first kappa shape index (κ1) is 26.2. The summed E-state index contributed by atoms with van der Waals surface area (Å²) in [5, 5.41) is 0. The van der Waals surface area contributed by atoms with Crippen LogP contribution < -0.4 is 0 Å². The molecule has 0 spiro atoms. The molecule has 1 atom stereocenters. The molecular weight excluding hydrogens is 239 g/mol. The highest BCUT2D eigenvalue weighted by molar-refractivity contribution is 7.17. The van der Waals surface area contributed by atoms with E-state index in [2.05, 4.69) is 42.1 Å². The van der Waals surface area contributed by atoms with Gasteiger partial charge in [-0.05, 0) is 25.4 Å².